The van der Waals surface area contributed by atoms with Gasteiger partial charge in [-0.15, -0.1) is 0 Å². The number of H-pyrrole nitrogens is 1. The van der Waals surface area contributed by atoms with Crippen molar-refractivity contribution in [1.82, 2.24) is 19.7 Å². The standard InChI is InChI=1S/C22H16Cl2N6O3S/c1-30-10-12(9-27-30)11-2-3-18-15(6-11)19-14(4-5-26-22(19)31)21(28-18)29-20-16(23)7-13(8-17(20)24)34(25,32)33/h2-10H,1H3,(H,26,31)(H,28,29)(H2,25,32,33). The van der Waals surface area contributed by atoms with E-state index in [9.17, 15) is 13.2 Å². The van der Waals surface area contributed by atoms with Crippen LogP contribution < -0.4 is 16.0 Å². The van der Waals surface area contributed by atoms with Crippen LogP contribution in [-0.2, 0) is 17.1 Å². The van der Waals surface area contributed by atoms with Crippen molar-refractivity contribution in [3.63, 3.8) is 0 Å². The van der Waals surface area contributed by atoms with Crippen LogP contribution in [0.5, 0.6) is 0 Å². The first-order chi connectivity index (χ1) is 16.1. The smallest absolute Gasteiger partial charge is 0.256 e. The maximum atomic E-state index is 12.9. The lowest BCUT2D eigenvalue weighted by molar-refractivity contribution is 0.598. The summed E-state index contributed by atoms with van der Waals surface area (Å²) in [6, 6.07) is 9.69. The summed E-state index contributed by atoms with van der Waals surface area (Å²) < 4.78 is 25.1. The molecule has 5 aromatic rings. The van der Waals surface area contributed by atoms with Gasteiger partial charge >= 0.3 is 0 Å². The van der Waals surface area contributed by atoms with E-state index in [1.54, 1.807) is 16.9 Å². The second-order valence-corrected chi connectivity index (χ2v) is 10.00. The third-order valence-electron chi connectivity index (χ3n) is 5.34. The lowest BCUT2D eigenvalue weighted by atomic mass is 10.0. The fraction of sp³-hybridized carbons (Fsp3) is 0.0455. The quantitative estimate of drug-likeness (QED) is 0.308. The summed E-state index contributed by atoms with van der Waals surface area (Å²) in [5.74, 6) is 0.329. The summed E-state index contributed by atoms with van der Waals surface area (Å²) in [7, 11) is -2.17. The Morgan fingerprint density at radius 3 is 2.44 bits per heavy atom. The molecule has 0 aliphatic heterocycles. The Hall–Kier alpha value is -3.44. The van der Waals surface area contributed by atoms with Crippen molar-refractivity contribution in [2.45, 2.75) is 4.90 Å². The van der Waals surface area contributed by atoms with Crippen molar-refractivity contribution in [3.05, 3.63) is 75.4 Å². The number of nitrogens with two attached hydrogens (primary N) is 1. The van der Waals surface area contributed by atoms with E-state index < -0.39 is 10.0 Å². The van der Waals surface area contributed by atoms with Crippen LogP contribution in [0.25, 0.3) is 32.8 Å². The molecular weight excluding hydrogens is 499 g/mol. The molecule has 0 aliphatic rings. The van der Waals surface area contributed by atoms with E-state index in [1.807, 2.05) is 31.4 Å². The highest BCUT2D eigenvalue weighted by molar-refractivity contribution is 7.89. The number of anilines is 2. The van der Waals surface area contributed by atoms with Crippen molar-refractivity contribution >= 4 is 66.4 Å². The summed E-state index contributed by atoms with van der Waals surface area (Å²) >= 11 is 12.6. The molecule has 34 heavy (non-hydrogen) atoms. The maximum absolute atomic E-state index is 12.9. The molecule has 0 atom stereocenters. The first kappa shape index (κ1) is 22.4. The zero-order valence-electron chi connectivity index (χ0n) is 17.5. The predicted octanol–water partition coefficient (Wildman–Crippen LogP) is 4.17. The Morgan fingerprint density at radius 2 is 1.79 bits per heavy atom. The van der Waals surface area contributed by atoms with Gasteiger partial charge in [-0.05, 0) is 35.9 Å². The lowest BCUT2D eigenvalue weighted by Crippen LogP contribution is -2.12. The number of aryl methyl sites for hydroxylation is 1. The van der Waals surface area contributed by atoms with Gasteiger partial charge in [-0.3, -0.25) is 9.48 Å². The van der Waals surface area contributed by atoms with E-state index in [2.05, 4.69) is 20.4 Å². The molecule has 0 bridgehead atoms. The molecule has 0 saturated carbocycles. The van der Waals surface area contributed by atoms with Crippen molar-refractivity contribution in [3.8, 4) is 11.1 Å². The second kappa shape index (κ2) is 8.10. The van der Waals surface area contributed by atoms with Crippen LogP contribution in [0, 0.1) is 0 Å². The van der Waals surface area contributed by atoms with Crippen LogP contribution in [0.15, 0.2) is 64.7 Å². The van der Waals surface area contributed by atoms with Crippen molar-refractivity contribution < 1.29 is 8.42 Å². The zero-order valence-corrected chi connectivity index (χ0v) is 19.8. The van der Waals surface area contributed by atoms with E-state index in [-0.39, 0.29) is 26.2 Å². The number of primary sulfonamides is 1. The Kier molecular flexibility index (Phi) is 5.33. The first-order valence-electron chi connectivity index (χ1n) is 9.85. The fourth-order valence-corrected chi connectivity index (χ4v) is 5.03. The summed E-state index contributed by atoms with van der Waals surface area (Å²) in [6.45, 7) is 0. The van der Waals surface area contributed by atoms with Gasteiger partial charge in [0.15, 0.2) is 0 Å². The normalized spacial score (nSPS) is 11.9. The molecule has 9 nitrogen and oxygen atoms in total. The molecular formula is C22H16Cl2N6O3S. The number of aromatic amines is 1. The van der Waals surface area contributed by atoms with Gasteiger partial charge < -0.3 is 10.3 Å². The first-order valence-corrected chi connectivity index (χ1v) is 12.1. The van der Waals surface area contributed by atoms with Gasteiger partial charge in [-0.1, -0.05) is 29.3 Å². The number of hydrogen-bond acceptors (Lipinski definition) is 6. The van der Waals surface area contributed by atoms with Crippen LogP contribution in [-0.4, -0.2) is 28.2 Å². The molecule has 0 radical (unpaired) electrons. The number of nitrogens with one attached hydrogen (secondary N) is 2. The maximum Gasteiger partial charge on any atom is 0.256 e. The van der Waals surface area contributed by atoms with Crippen LogP contribution in [0.1, 0.15) is 0 Å². The number of benzene rings is 2. The summed E-state index contributed by atoms with van der Waals surface area (Å²) in [4.78, 5) is 20.1. The monoisotopic (exact) mass is 514 g/mol. The number of pyridine rings is 2. The number of halogens is 2. The molecule has 0 aliphatic carbocycles. The fourth-order valence-electron chi connectivity index (χ4n) is 3.75. The average molecular weight is 515 g/mol. The number of nitrogens with zero attached hydrogens (tertiary/aromatic N) is 3. The number of sulfonamides is 1. The van der Waals surface area contributed by atoms with E-state index >= 15 is 0 Å². The van der Waals surface area contributed by atoms with Gasteiger partial charge in [0.1, 0.15) is 5.82 Å². The molecule has 2 aromatic carbocycles. The highest BCUT2D eigenvalue weighted by Crippen LogP contribution is 2.37. The largest absolute Gasteiger partial charge is 0.337 e. The molecule has 0 fully saturated rings. The minimum Gasteiger partial charge on any atom is -0.337 e. The number of rotatable bonds is 4. The molecule has 4 N–H and O–H groups in total. The van der Waals surface area contributed by atoms with Crippen LogP contribution in [0.2, 0.25) is 10.0 Å². The third-order valence-corrected chi connectivity index (χ3v) is 6.83. The molecule has 0 spiro atoms. The molecule has 3 aromatic heterocycles. The van der Waals surface area contributed by atoms with Gasteiger partial charge in [-0.25, -0.2) is 18.5 Å². The highest BCUT2D eigenvalue weighted by Gasteiger charge is 2.18. The summed E-state index contributed by atoms with van der Waals surface area (Å²) in [5, 5.41) is 14.1. The SMILES string of the molecule is Cn1cc(-c2ccc3nc(Nc4c(Cl)cc(S(N)(=O)=O)cc4Cl)c4cc[nH]c(=O)c4c3c2)cn1. The van der Waals surface area contributed by atoms with Gasteiger partial charge in [0.05, 0.1) is 37.7 Å². The molecule has 3 heterocycles. The van der Waals surface area contributed by atoms with Crippen LogP contribution >= 0.6 is 23.2 Å². The minimum absolute atomic E-state index is 0.0309. The number of fused-ring (bicyclic) bond motifs is 3. The average Bonchev–Trinajstić information content (AvgIpc) is 3.21. The van der Waals surface area contributed by atoms with Crippen LogP contribution in [0.3, 0.4) is 0 Å². The van der Waals surface area contributed by atoms with Crippen molar-refractivity contribution in [2.75, 3.05) is 5.32 Å². The molecule has 0 amide bonds. The van der Waals surface area contributed by atoms with Crippen LogP contribution in [0.4, 0.5) is 11.5 Å². The Morgan fingerprint density at radius 1 is 1.06 bits per heavy atom. The van der Waals surface area contributed by atoms with E-state index in [0.29, 0.717) is 27.5 Å². The zero-order chi connectivity index (χ0) is 24.2. The Balaban J connectivity index is 1.71. The third kappa shape index (κ3) is 3.90. The predicted molar refractivity (Wildman–Crippen MR) is 133 cm³/mol. The molecule has 0 unspecified atom stereocenters. The number of aromatic nitrogens is 4. The second-order valence-electron chi connectivity index (χ2n) is 7.62. The highest BCUT2D eigenvalue weighted by atomic mass is 35.5. The van der Waals surface area contributed by atoms with Crippen molar-refractivity contribution in [1.29, 1.82) is 0 Å². The number of hydrogen-bond donors (Lipinski definition) is 3. The van der Waals surface area contributed by atoms with E-state index in [1.165, 1.54) is 18.3 Å². The lowest BCUT2D eigenvalue weighted by Gasteiger charge is -2.14. The van der Waals surface area contributed by atoms with Gasteiger partial charge in [-0.2, -0.15) is 5.10 Å². The molecule has 5 rings (SSSR count). The molecule has 172 valence electrons. The Bertz CT molecular complexity index is 1760. The van der Waals surface area contributed by atoms with E-state index in [0.717, 1.165) is 11.1 Å². The van der Waals surface area contributed by atoms with Gasteiger partial charge in [0.2, 0.25) is 10.0 Å². The van der Waals surface area contributed by atoms with Gasteiger partial charge in [0, 0.05) is 35.8 Å². The molecule has 12 heteroatoms. The molecule has 0 saturated heterocycles. The topological polar surface area (TPSA) is 136 Å². The minimum atomic E-state index is -4.00. The van der Waals surface area contributed by atoms with E-state index in [4.69, 9.17) is 28.3 Å². The van der Waals surface area contributed by atoms with Crippen molar-refractivity contribution in [2.24, 2.45) is 12.2 Å². The summed E-state index contributed by atoms with van der Waals surface area (Å²) in [6.07, 6.45) is 5.14. The van der Waals surface area contributed by atoms with Gasteiger partial charge in [0.25, 0.3) is 5.56 Å². The summed E-state index contributed by atoms with van der Waals surface area (Å²) in [5.41, 5.74) is 2.29. The Labute approximate surface area is 203 Å².